The third-order valence-electron chi connectivity index (χ3n) is 4.22. The van der Waals surface area contributed by atoms with Gasteiger partial charge in [0.2, 0.25) is 0 Å². The van der Waals surface area contributed by atoms with Gasteiger partial charge in [-0.3, -0.25) is 4.79 Å². The minimum Gasteiger partial charge on any atom is -0.459 e. The van der Waals surface area contributed by atoms with Gasteiger partial charge in [0.25, 0.3) is 0 Å². The number of nitrogens with one attached hydrogen (secondary N) is 2. The maximum Gasteiger partial charge on any atom is 0.397 e. The van der Waals surface area contributed by atoms with Crippen LogP contribution in [-0.2, 0) is 14.3 Å². The number of fused-ring (bicyclic) bond motifs is 1. The fourth-order valence-electron chi connectivity index (χ4n) is 3.05. The molecule has 0 radical (unpaired) electrons. The van der Waals surface area contributed by atoms with E-state index in [0.717, 1.165) is 25.7 Å². The van der Waals surface area contributed by atoms with E-state index < -0.39 is 17.5 Å². The molecule has 1 heterocycles. The summed E-state index contributed by atoms with van der Waals surface area (Å²) in [6.07, 6.45) is 4.20. The smallest absolute Gasteiger partial charge is 0.397 e. The first kappa shape index (κ1) is 17.0. The second-order valence-electron chi connectivity index (χ2n) is 5.94. The molecule has 1 amide bonds. The van der Waals surface area contributed by atoms with Crippen molar-refractivity contribution in [3.63, 3.8) is 0 Å². The standard InChI is InChI=1S/C18H20N2O5/c1-2-24-18(23)16(21)20-15-14(19-11-7-3-4-8-11)12-9-5-6-10-13(12)25-17(15)22/h5-6,9-11,19H,2-4,7-8H2,1H3,(H,20,21). The van der Waals surface area contributed by atoms with Crippen molar-refractivity contribution in [2.24, 2.45) is 0 Å². The van der Waals surface area contributed by atoms with E-state index in [1.165, 1.54) is 0 Å². The molecule has 132 valence electrons. The van der Waals surface area contributed by atoms with Gasteiger partial charge >= 0.3 is 17.5 Å². The van der Waals surface area contributed by atoms with Crippen LogP contribution in [0.25, 0.3) is 11.0 Å². The molecule has 7 heteroatoms. The van der Waals surface area contributed by atoms with Gasteiger partial charge in [0, 0.05) is 11.4 Å². The molecule has 2 N–H and O–H groups in total. The summed E-state index contributed by atoms with van der Waals surface area (Å²) < 4.78 is 9.95. The molecule has 0 bridgehead atoms. The van der Waals surface area contributed by atoms with Crippen LogP contribution < -0.4 is 16.3 Å². The summed E-state index contributed by atoms with van der Waals surface area (Å²) >= 11 is 0. The first-order valence-corrected chi connectivity index (χ1v) is 8.40. The molecule has 25 heavy (non-hydrogen) atoms. The molecular formula is C18H20N2O5. The second kappa shape index (κ2) is 7.38. The van der Waals surface area contributed by atoms with Crippen LogP contribution in [0.4, 0.5) is 11.4 Å². The van der Waals surface area contributed by atoms with Gasteiger partial charge in [0.15, 0.2) is 5.69 Å². The van der Waals surface area contributed by atoms with E-state index >= 15 is 0 Å². The molecule has 0 saturated heterocycles. The van der Waals surface area contributed by atoms with Gasteiger partial charge in [-0.1, -0.05) is 25.0 Å². The van der Waals surface area contributed by atoms with Crippen molar-refractivity contribution in [3.8, 4) is 0 Å². The average Bonchev–Trinajstić information content (AvgIpc) is 3.11. The average molecular weight is 344 g/mol. The van der Waals surface area contributed by atoms with Crippen molar-refractivity contribution < 1.29 is 18.7 Å². The summed E-state index contributed by atoms with van der Waals surface area (Å²) in [7, 11) is 0. The van der Waals surface area contributed by atoms with Gasteiger partial charge in [-0.2, -0.15) is 0 Å². The molecule has 0 spiro atoms. The van der Waals surface area contributed by atoms with Crippen molar-refractivity contribution in [1.29, 1.82) is 0 Å². The van der Waals surface area contributed by atoms with Crippen LogP contribution in [0.2, 0.25) is 0 Å². The van der Waals surface area contributed by atoms with Crippen LogP contribution in [0.15, 0.2) is 33.5 Å². The largest absolute Gasteiger partial charge is 0.459 e. The molecule has 1 aliphatic rings. The van der Waals surface area contributed by atoms with E-state index in [1.54, 1.807) is 25.1 Å². The van der Waals surface area contributed by atoms with Crippen molar-refractivity contribution in [3.05, 3.63) is 34.7 Å². The number of para-hydroxylation sites is 1. The van der Waals surface area contributed by atoms with E-state index in [0.29, 0.717) is 16.7 Å². The van der Waals surface area contributed by atoms with Gasteiger partial charge in [-0.05, 0) is 31.9 Å². The van der Waals surface area contributed by atoms with E-state index in [4.69, 9.17) is 4.42 Å². The SMILES string of the molecule is CCOC(=O)C(=O)Nc1c(NC2CCCC2)c2ccccc2oc1=O. The third kappa shape index (κ3) is 3.65. The molecule has 1 aromatic heterocycles. The Labute approximate surface area is 144 Å². The summed E-state index contributed by atoms with van der Waals surface area (Å²) in [5, 5.41) is 6.36. The fourth-order valence-corrected chi connectivity index (χ4v) is 3.05. The number of hydrogen-bond acceptors (Lipinski definition) is 6. The van der Waals surface area contributed by atoms with Crippen molar-refractivity contribution in [2.75, 3.05) is 17.2 Å². The lowest BCUT2D eigenvalue weighted by Crippen LogP contribution is -2.29. The predicted octanol–water partition coefficient (Wildman–Crippen LogP) is 2.65. The quantitative estimate of drug-likeness (QED) is 0.503. The van der Waals surface area contributed by atoms with Crippen molar-refractivity contribution >= 4 is 34.2 Å². The highest BCUT2D eigenvalue weighted by Gasteiger charge is 2.24. The number of amides is 1. The van der Waals surface area contributed by atoms with E-state index in [1.807, 2.05) is 6.07 Å². The van der Waals surface area contributed by atoms with E-state index in [9.17, 15) is 14.4 Å². The Hall–Kier alpha value is -2.83. The third-order valence-corrected chi connectivity index (χ3v) is 4.22. The zero-order valence-electron chi connectivity index (χ0n) is 14.0. The van der Waals surface area contributed by atoms with Gasteiger partial charge < -0.3 is 19.8 Å². The number of carbonyl (C=O) groups excluding carboxylic acids is 2. The Balaban J connectivity index is 2.02. The minimum absolute atomic E-state index is 0.0661. The van der Waals surface area contributed by atoms with Gasteiger partial charge in [-0.25, -0.2) is 9.59 Å². The number of hydrogen-bond donors (Lipinski definition) is 2. The number of ether oxygens (including phenoxy) is 1. The van der Waals surface area contributed by atoms with Crippen molar-refractivity contribution in [1.82, 2.24) is 0 Å². The molecule has 3 rings (SSSR count). The summed E-state index contributed by atoms with van der Waals surface area (Å²) in [5.41, 5.74) is 0.124. The zero-order valence-corrected chi connectivity index (χ0v) is 14.0. The molecule has 1 aromatic carbocycles. The Morgan fingerprint density at radius 1 is 1.20 bits per heavy atom. The van der Waals surface area contributed by atoms with Crippen LogP contribution >= 0.6 is 0 Å². The topological polar surface area (TPSA) is 97.6 Å². The van der Waals surface area contributed by atoms with Gasteiger partial charge in [0.05, 0.1) is 12.3 Å². The summed E-state index contributed by atoms with van der Waals surface area (Å²) in [6.45, 7) is 1.68. The lowest BCUT2D eigenvalue weighted by atomic mass is 10.1. The Morgan fingerprint density at radius 3 is 2.64 bits per heavy atom. The number of esters is 1. The van der Waals surface area contributed by atoms with Crippen LogP contribution in [0.5, 0.6) is 0 Å². The van der Waals surface area contributed by atoms with Crippen LogP contribution in [0.1, 0.15) is 32.6 Å². The lowest BCUT2D eigenvalue weighted by Gasteiger charge is -2.18. The highest BCUT2D eigenvalue weighted by molar-refractivity contribution is 6.37. The Morgan fingerprint density at radius 2 is 1.92 bits per heavy atom. The molecule has 0 unspecified atom stereocenters. The molecule has 1 aliphatic carbocycles. The number of anilines is 2. The molecular weight excluding hydrogens is 324 g/mol. The summed E-state index contributed by atoms with van der Waals surface area (Å²) in [6, 6.07) is 7.28. The zero-order chi connectivity index (χ0) is 17.8. The van der Waals surface area contributed by atoms with Crippen LogP contribution in [0.3, 0.4) is 0 Å². The van der Waals surface area contributed by atoms with Gasteiger partial charge in [0.1, 0.15) is 5.58 Å². The Kier molecular flexibility index (Phi) is 5.02. The molecule has 0 atom stereocenters. The van der Waals surface area contributed by atoms with Gasteiger partial charge in [-0.15, -0.1) is 0 Å². The first-order valence-electron chi connectivity index (χ1n) is 8.40. The highest BCUT2D eigenvalue weighted by atomic mass is 16.5. The second-order valence-corrected chi connectivity index (χ2v) is 5.94. The first-order chi connectivity index (χ1) is 12.1. The number of carbonyl (C=O) groups is 2. The molecule has 0 aliphatic heterocycles. The number of benzene rings is 1. The van der Waals surface area contributed by atoms with Crippen molar-refractivity contribution in [2.45, 2.75) is 38.6 Å². The molecule has 1 fully saturated rings. The molecule has 7 nitrogen and oxygen atoms in total. The minimum atomic E-state index is -1.04. The summed E-state index contributed by atoms with van der Waals surface area (Å²) in [4.78, 5) is 35.9. The maximum absolute atomic E-state index is 12.4. The molecule has 2 aromatic rings. The van der Waals surface area contributed by atoms with E-state index in [-0.39, 0.29) is 18.3 Å². The summed E-state index contributed by atoms with van der Waals surface area (Å²) in [5.74, 6) is -2.04. The maximum atomic E-state index is 12.4. The number of rotatable bonds is 4. The fraction of sp³-hybridized carbons (Fsp3) is 0.389. The van der Waals surface area contributed by atoms with Crippen LogP contribution in [-0.4, -0.2) is 24.5 Å². The predicted molar refractivity (Wildman–Crippen MR) is 93.6 cm³/mol. The molecule has 1 saturated carbocycles. The van der Waals surface area contributed by atoms with E-state index in [2.05, 4.69) is 15.4 Å². The highest BCUT2D eigenvalue weighted by Crippen LogP contribution is 2.32. The monoisotopic (exact) mass is 344 g/mol. The van der Waals surface area contributed by atoms with Crippen LogP contribution in [0, 0.1) is 0 Å². The lowest BCUT2D eigenvalue weighted by molar-refractivity contribution is -0.152. The Bertz CT molecular complexity index is 852. The normalized spacial score (nSPS) is 14.4.